The number of carbonyl (C=O) groups is 1. The smallest absolute Gasteiger partial charge is 0.255 e. The zero-order chi connectivity index (χ0) is 18.2. The van der Waals surface area contributed by atoms with Gasteiger partial charge in [-0.05, 0) is 26.7 Å². The van der Waals surface area contributed by atoms with Crippen LogP contribution in [-0.4, -0.2) is 51.2 Å². The number of carbonyl (C=O) groups excluding carboxylic acids is 1. The molecule has 0 aromatic carbocycles. The molecule has 2 aromatic rings. The molecule has 1 aliphatic carbocycles. The number of hydrogen-bond acceptors (Lipinski definition) is 7. The van der Waals surface area contributed by atoms with Crippen molar-refractivity contribution in [3.05, 3.63) is 17.7 Å². The van der Waals surface area contributed by atoms with Crippen molar-refractivity contribution in [3.8, 4) is 0 Å². The molecule has 1 aliphatic rings. The van der Waals surface area contributed by atoms with Crippen molar-refractivity contribution in [3.63, 3.8) is 0 Å². The lowest BCUT2D eigenvalue weighted by atomic mass is 10.1. The lowest BCUT2D eigenvalue weighted by Gasteiger charge is -2.13. The lowest BCUT2D eigenvalue weighted by Crippen LogP contribution is -2.27. The fourth-order valence-electron chi connectivity index (χ4n) is 2.53. The van der Waals surface area contributed by atoms with Crippen molar-refractivity contribution >= 4 is 32.6 Å². The molecule has 8 nitrogen and oxygen atoms in total. The highest BCUT2D eigenvalue weighted by molar-refractivity contribution is 7.92. The number of anilines is 1. The average molecular weight is 365 g/mol. The summed E-state index contributed by atoms with van der Waals surface area (Å²) in [6.07, 6.45) is 6.68. The maximum absolute atomic E-state index is 12.6. The molecule has 0 radical (unpaired) electrons. The van der Waals surface area contributed by atoms with Gasteiger partial charge in [-0.15, -0.1) is 0 Å². The number of nitrogens with zero attached hydrogens (tertiary/aromatic N) is 3. The molecule has 25 heavy (non-hydrogen) atoms. The predicted octanol–water partition coefficient (Wildman–Crippen LogP) is 1.95. The topological polar surface area (TPSA) is 109 Å². The molecule has 2 aromatic heterocycles. The average Bonchev–Trinajstić information content (AvgIpc) is 3.12. The number of rotatable bonds is 6. The third-order valence-electron chi connectivity index (χ3n) is 4.11. The Morgan fingerprint density at radius 1 is 1.40 bits per heavy atom. The predicted molar refractivity (Wildman–Crippen MR) is 97.4 cm³/mol. The molecule has 0 unspecified atom stereocenters. The summed E-state index contributed by atoms with van der Waals surface area (Å²) in [5, 5.41) is 6.77. The van der Waals surface area contributed by atoms with E-state index in [9.17, 15) is 9.00 Å². The first-order chi connectivity index (χ1) is 11.7. The quantitative estimate of drug-likeness (QED) is 0.757. The fraction of sp³-hybridized carbons (Fsp3) is 0.562. The maximum atomic E-state index is 12.6. The molecule has 0 saturated heterocycles. The molecule has 0 bridgehead atoms. The summed E-state index contributed by atoms with van der Waals surface area (Å²) in [5.74, 6) is 0.828. The maximum Gasteiger partial charge on any atom is 0.255 e. The summed E-state index contributed by atoms with van der Waals surface area (Å²) in [4.78, 5) is 21.1. The number of nitrogens with one attached hydrogen (secondary N) is 2. The Morgan fingerprint density at radius 3 is 2.76 bits per heavy atom. The van der Waals surface area contributed by atoms with Crippen molar-refractivity contribution in [2.75, 3.05) is 30.9 Å². The molecule has 0 spiro atoms. The van der Waals surface area contributed by atoms with E-state index in [4.69, 9.17) is 4.42 Å². The first-order valence-corrected chi connectivity index (χ1v) is 10.5. The van der Waals surface area contributed by atoms with Crippen LogP contribution in [0.3, 0.4) is 0 Å². The number of furan rings is 1. The molecule has 1 saturated carbocycles. The molecule has 0 atom stereocenters. The summed E-state index contributed by atoms with van der Waals surface area (Å²) in [6, 6.07) is 0. The molecule has 3 rings (SSSR count). The molecular weight excluding hydrogens is 342 g/mol. The van der Waals surface area contributed by atoms with E-state index in [2.05, 4.69) is 31.9 Å². The highest BCUT2D eigenvalue weighted by Crippen LogP contribution is 2.40. The highest BCUT2D eigenvalue weighted by atomic mass is 32.2. The van der Waals surface area contributed by atoms with E-state index in [-0.39, 0.29) is 11.4 Å². The van der Waals surface area contributed by atoms with Crippen LogP contribution in [0.4, 0.5) is 5.82 Å². The molecule has 1 fully saturated rings. The largest absolute Gasteiger partial charge is 0.442 e. The van der Waals surface area contributed by atoms with Crippen LogP contribution < -0.4 is 10.6 Å². The highest BCUT2D eigenvalue weighted by Gasteiger charge is 2.38. The number of aromatic nitrogens is 2. The van der Waals surface area contributed by atoms with Crippen LogP contribution in [0.5, 0.6) is 0 Å². The van der Waals surface area contributed by atoms with Gasteiger partial charge in [-0.2, -0.15) is 0 Å². The van der Waals surface area contributed by atoms with Gasteiger partial charge in [0, 0.05) is 34.3 Å². The van der Waals surface area contributed by atoms with Crippen molar-refractivity contribution in [2.45, 2.75) is 32.2 Å². The van der Waals surface area contributed by atoms with Crippen LogP contribution in [0.15, 0.2) is 15.1 Å². The van der Waals surface area contributed by atoms with Gasteiger partial charge in [-0.3, -0.25) is 9.00 Å². The Balaban J connectivity index is 1.86. The standard InChI is InChI=1S/C16H23N5O3S/c1-10-11(14(22)17-7-8-20-25(3,4)23)12-13(21-16(2)5-6-16)18-9-19-15(12)24-10/h9H,5-8H2,1-4H3,(H,17,22)(H,18,19,21). The van der Waals surface area contributed by atoms with Gasteiger partial charge in [0.05, 0.1) is 17.5 Å². The Morgan fingerprint density at radius 2 is 2.12 bits per heavy atom. The minimum absolute atomic E-state index is 0.0154. The van der Waals surface area contributed by atoms with Gasteiger partial charge in [0.1, 0.15) is 17.9 Å². The van der Waals surface area contributed by atoms with Crippen LogP contribution in [-0.2, 0) is 9.73 Å². The second-order valence-corrected chi connectivity index (χ2v) is 9.53. The van der Waals surface area contributed by atoms with E-state index in [0.29, 0.717) is 41.3 Å². The Labute approximate surface area is 147 Å². The summed E-state index contributed by atoms with van der Waals surface area (Å²) in [5.41, 5.74) is 0.831. The van der Waals surface area contributed by atoms with E-state index >= 15 is 0 Å². The van der Waals surface area contributed by atoms with Gasteiger partial charge in [0.25, 0.3) is 5.91 Å². The minimum Gasteiger partial charge on any atom is -0.442 e. The van der Waals surface area contributed by atoms with Crippen LogP contribution in [0.25, 0.3) is 11.1 Å². The van der Waals surface area contributed by atoms with E-state index in [0.717, 1.165) is 12.8 Å². The third-order valence-corrected chi connectivity index (χ3v) is 4.92. The van der Waals surface area contributed by atoms with Crippen LogP contribution in [0, 0.1) is 6.92 Å². The minimum atomic E-state index is -2.16. The van der Waals surface area contributed by atoms with E-state index in [1.807, 2.05) is 0 Å². The normalized spacial score (nSPS) is 15.8. The Hall–Kier alpha value is -2.16. The van der Waals surface area contributed by atoms with Crippen molar-refractivity contribution in [1.82, 2.24) is 15.3 Å². The van der Waals surface area contributed by atoms with E-state index in [1.165, 1.54) is 6.33 Å². The lowest BCUT2D eigenvalue weighted by molar-refractivity contribution is 0.0954. The van der Waals surface area contributed by atoms with Crippen molar-refractivity contribution < 1.29 is 13.4 Å². The number of amides is 1. The van der Waals surface area contributed by atoms with E-state index in [1.54, 1.807) is 19.4 Å². The first kappa shape index (κ1) is 17.7. The molecule has 0 aliphatic heterocycles. The molecule has 2 heterocycles. The summed E-state index contributed by atoms with van der Waals surface area (Å²) in [6.45, 7) is 4.44. The fourth-order valence-corrected chi connectivity index (χ4v) is 3.07. The number of fused-ring (bicyclic) bond motifs is 1. The summed E-state index contributed by atoms with van der Waals surface area (Å²) < 4.78 is 21.2. The second-order valence-electron chi connectivity index (χ2n) is 6.91. The van der Waals surface area contributed by atoms with Gasteiger partial charge < -0.3 is 15.1 Å². The van der Waals surface area contributed by atoms with Gasteiger partial charge in [-0.25, -0.2) is 14.3 Å². The molecule has 1 amide bonds. The molecule has 2 N–H and O–H groups in total. The second kappa shape index (κ2) is 6.29. The Bertz CT molecular complexity index is 931. The first-order valence-electron chi connectivity index (χ1n) is 8.12. The van der Waals surface area contributed by atoms with Gasteiger partial charge in [0.2, 0.25) is 5.71 Å². The third kappa shape index (κ3) is 4.09. The van der Waals surface area contributed by atoms with Crippen LogP contribution in [0.2, 0.25) is 0 Å². The van der Waals surface area contributed by atoms with Crippen molar-refractivity contribution in [2.24, 2.45) is 4.36 Å². The van der Waals surface area contributed by atoms with Crippen LogP contribution >= 0.6 is 0 Å². The van der Waals surface area contributed by atoms with Gasteiger partial charge in [0.15, 0.2) is 0 Å². The summed E-state index contributed by atoms with van der Waals surface area (Å²) in [7, 11) is -2.16. The number of hydrogen-bond donors (Lipinski definition) is 2. The van der Waals surface area contributed by atoms with Crippen LogP contribution in [0.1, 0.15) is 35.9 Å². The number of aryl methyl sites for hydroxylation is 1. The summed E-state index contributed by atoms with van der Waals surface area (Å²) >= 11 is 0. The SMILES string of the molecule is Cc1oc2ncnc(NC3(C)CC3)c2c1C(=O)NCCN=S(C)(C)=O. The van der Waals surface area contributed by atoms with Gasteiger partial charge >= 0.3 is 0 Å². The zero-order valence-electron chi connectivity index (χ0n) is 14.9. The molecular formula is C16H23N5O3S. The Kier molecular flexibility index (Phi) is 4.44. The molecule has 136 valence electrons. The van der Waals surface area contributed by atoms with Gasteiger partial charge in [-0.1, -0.05) is 0 Å². The monoisotopic (exact) mass is 365 g/mol. The van der Waals surface area contributed by atoms with E-state index < -0.39 is 9.73 Å². The van der Waals surface area contributed by atoms with Crippen molar-refractivity contribution in [1.29, 1.82) is 0 Å². The molecule has 9 heteroatoms. The zero-order valence-corrected chi connectivity index (χ0v) is 15.7.